The summed E-state index contributed by atoms with van der Waals surface area (Å²) in [6, 6.07) is 2.05. The Hall–Kier alpha value is -2.04. The SMILES string of the molecule is COC(=O)C(CO)NS(=O)(=O)c1cccc([N+](=O)[O-])c1C. The van der Waals surface area contributed by atoms with Gasteiger partial charge in [0.2, 0.25) is 10.0 Å². The minimum Gasteiger partial charge on any atom is -0.468 e. The molecule has 1 aromatic carbocycles. The minimum absolute atomic E-state index is 0.0726. The van der Waals surface area contributed by atoms with E-state index in [9.17, 15) is 23.3 Å². The van der Waals surface area contributed by atoms with Crippen LogP contribution in [0.1, 0.15) is 5.56 Å². The van der Waals surface area contributed by atoms with E-state index >= 15 is 0 Å². The minimum atomic E-state index is -4.23. The molecular formula is C11H14N2O7S. The van der Waals surface area contributed by atoms with Gasteiger partial charge in [0.05, 0.1) is 23.5 Å². The molecule has 0 fully saturated rings. The molecule has 0 aliphatic heterocycles. The number of nitro groups is 1. The Morgan fingerprint density at radius 3 is 2.62 bits per heavy atom. The van der Waals surface area contributed by atoms with Crippen molar-refractivity contribution in [2.45, 2.75) is 17.9 Å². The van der Waals surface area contributed by atoms with Crippen LogP contribution in [0.3, 0.4) is 0 Å². The number of carbonyl (C=O) groups excluding carboxylic acids is 1. The summed E-state index contributed by atoms with van der Waals surface area (Å²) in [5.41, 5.74) is -0.437. The highest BCUT2D eigenvalue weighted by Crippen LogP contribution is 2.24. The molecule has 0 amide bonds. The highest BCUT2D eigenvalue weighted by Gasteiger charge is 2.28. The third-order valence-corrected chi connectivity index (χ3v) is 4.32. The second-order valence-electron chi connectivity index (χ2n) is 4.04. The molecule has 1 atom stereocenters. The Balaban J connectivity index is 3.23. The van der Waals surface area contributed by atoms with Crippen LogP contribution >= 0.6 is 0 Å². The van der Waals surface area contributed by atoms with Crippen LogP contribution in [-0.4, -0.2) is 44.2 Å². The Bertz CT molecular complexity index is 657. The summed E-state index contributed by atoms with van der Waals surface area (Å²) < 4.78 is 30.6. The number of benzene rings is 1. The van der Waals surface area contributed by atoms with Crippen LogP contribution in [0.5, 0.6) is 0 Å². The summed E-state index contributed by atoms with van der Waals surface area (Å²) in [4.78, 5) is 21.0. The lowest BCUT2D eigenvalue weighted by atomic mass is 10.2. The van der Waals surface area contributed by atoms with E-state index < -0.39 is 33.6 Å². The number of aliphatic hydroxyl groups is 1. The topological polar surface area (TPSA) is 136 Å². The molecule has 0 radical (unpaired) electrons. The quantitative estimate of drug-likeness (QED) is 0.418. The molecule has 10 heteroatoms. The summed E-state index contributed by atoms with van der Waals surface area (Å²) in [5, 5.41) is 19.8. The van der Waals surface area contributed by atoms with Crippen molar-refractivity contribution >= 4 is 21.7 Å². The molecule has 9 nitrogen and oxygen atoms in total. The molecule has 1 unspecified atom stereocenters. The van der Waals surface area contributed by atoms with Crippen LogP contribution in [0.15, 0.2) is 23.1 Å². The van der Waals surface area contributed by atoms with Crippen molar-refractivity contribution in [1.82, 2.24) is 4.72 Å². The van der Waals surface area contributed by atoms with E-state index in [-0.39, 0.29) is 16.1 Å². The third-order valence-electron chi connectivity index (χ3n) is 2.71. The zero-order valence-electron chi connectivity index (χ0n) is 11.3. The van der Waals surface area contributed by atoms with E-state index in [4.69, 9.17) is 5.11 Å². The number of methoxy groups -OCH3 is 1. The van der Waals surface area contributed by atoms with Gasteiger partial charge in [-0.3, -0.25) is 14.9 Å². The second-order valence-corrected chi connectivity index (χ2v) is 5.72. The summed E-state index contributed by atoms with van der Waals surface area (Å²) in [5.74, 6) is -0.968. The highest BCUT2D eigenvalue weighted by molar-refractivity contribution is 7.89. The maximum Gasteiger partial charge on any atom is 0.326 e. The van der Waals surface area contributed by atoms with Gasteiger partial charge in [0.15, 0.2) is 0 Å². The van der Waals surface area contributed by atoms with Gasteiger partial charge in [0, 0.05) is 11.6 Å². The molecule has 0 aromatic heterocycles. The van der Waals surface area contributed by atoms with E-state index in [2.05, 4.69) is 4.74 Å². The van der Waals surface area contributed by atoms with Crippen molar-refractivity contribution in [3.63, 3.8) is 0 Å². The third kappa shape index (κ3) is 3.74. The fourth-order valence-electron chi connectivity index (χ4n) is 1.64. The number of esters is 1. The number of sulfonamides is 1. The zero-order chi connectivity index (χ0) is 16.2. The maximum atomic E-state index is 12.2. The molecule has 0 bridgehead atoms. The number of rotatable bonds is 6. The monoisotopic (exact) mass is 318 g/mol. The Kier molecular flexibility index (Phi) is 5.35. The van der Waals surface area contributed by atoms with Crippen LogP contribution in [0.4, 0.5) is 5.69 Å². The molecule has 21 heavy (non-hydrogen) atoms. The molecule has 0 aliphatic carbocycles. The molecule has 1 rings (SSSR count). The van der Waals surface area contributed by atoms with E-state index in [0.717, 1.165) is 19.2 Å². The number of nitrogens with zero attached hydrogens (tertiary/aromatic N) is 1. The van der Waals surface area contributed by atoms with Gasteiger partial charge in [-0.2, -0.15) is 4.72 Å². The number of ether oxygens (including phenoxy) is 1. The second kappa shape index (κ2) is 6.61. The fourth-order valence-corrected chi connectivity index (χ4v) is 3.08. The van der Waals surface area contributed by atoms with Crippen LogP contribution in [0.2, 0.25) is 0 Å². The summed E-state index contributed by atoms with van der Waals surface area (Å²) in [6.45, 7) is 0.471. The summed E-state index contributed by atoms with van der Waals surface area (Å²) in [7, 11) is -3.19. The van der Waals surface area contributed by atoms with Gasteiger partial charge >= 0.3 is 5.97 Å². The normalized spacial score (nSPS) is 12.7. The highest BCUT2D eigenvalue weighted by atomic mass is 32.2. The van der Waals surface area contributed by atoms with Gasteiger partial charge in [0.25, 0.3) is 5.69 Å². The molecule has 0 saturated carbocycles. The predicted octanol–water partition coefficient (Wildman–Crippen LogP) is -0.285. The van der Waals surface area contributed by atoms with Gasteiger partial charge in [-0.15, -0.1) is 0 Å². The number of carbonyl (C=O) groups is 1. The predicted molar refractivity (Wildman–Crippen MR) is 71.0 cm³/mol. The largest absolute Gasteiger partial charge is 0.468 e. The van der Waals surface area contributed by atoms with E-state index in [1.165, 1.54) is 13.0 Å². The van der Waals surface area contributed by atoms with Gasteiger partial charge in [-0.1, -0.05) is 6.07 Å². The molecule has 0 heterocycles. The first-order chi connectivity index (χ1) is 9.74. The summed E-state index contributed by atoms with van der Waals surface area (Å²) >= 11 is 0. The summed E-state index contributed by atoms with van der Waals surface area (Å²) in [6.07, 6.45) is 0. The first kappa shape index (κ1) is 17.0. The molecule has 0 aliphatic rings. The zero-order valence-corrected chi connectivity index (χ0v) is 12.1. The van der Waals surface area contributed by atoms with Gasteiger partial charge in [-0.25, -0.2) is 8.42 Å². The van der Waals surface area contributed by atoms with Crippen molar-refractivity contribution < 1.29 is 28.0 Å². The van der Waals surface area contributed by atoms with E-state index in [0.29, 0.717) is 0 Å². The first-order valence-corrected chi connectivity index (χ1v) is 7.18. The first-order valence-electron chi connectivity index (χ1n) is 5.69. The van der Waals surface area contributed by atoms with E-state index in [1.54, 1.807) is 0 Å². The number of aliphatic hydroxyl groups excluding tert-OH is 1. The average molecular weight is 318 g/mol. The molecule has 2 N–H and O–H groups in total. The van der Waals surface area contributed by atoms with Crippen molar-refractivity contribution in [3.05, 3.63) is 33.9 Å². The average Bonchev–Trinajstić information content (AvgIpc) is 2.43. The lowest BCUT2D eigenvalue weighted by Crippen LogP contribution is -2.44. The molecular weight excluding hydrogens is 304 g/mol. The number of hydrogen-bond donors (Lipinski definition) is 2. The molecule has 0 spiro atoms. The fraction of sp³-hybridized carbons (Fsp3) is 0.364. The standard InChI is InChI=1S/C11H14N2O7S/c1-7-9(13(16)17)4-3-5-10(7)21(18,19)12-8(6-14)11(15)20-2/h3-5,8,12,14H,6H2,1-2H3. The van der Waals surface area contributed by atoms with Gasteiger partial charge < -0.3 is 9.84 Å². The van der Waals surface area contributed by atoms with Gasteiger partial charge in [0.1, 0.15) is 6.04 Å². The van der Waals surface area contributed by atoms with Gasteiger partial charge in [-0.05, 0) is 13.0 Å². The maximum absolute atomic E-state index is 12.2. The van der Waals surface area contributed by atoms with Crippen LogP contribution in [-0.2, 0) is 19.6 Å². The lowest BCUT2D eigenvalue weighted by Gasteiger charge is -2.15. The molecule has 116 valence electrons. The lowest BCUT2D eigenvalue weighted by molar-refractivity contribution is -0.385. The van der Waals surface area contributed by atoms with Crippen molar-refractivity contribution in [3.8, 4) is 0 Å². The number of nitrogens with one attached hydrogen (secondary N) is 1. The van der Waals surface area contributed by atoms with Crippen molar-refractivity contribution in [1.29, 1.82) is 0 Å². The Morgan fingerprint density at radius 1 is 1.52 bits per heavy atom. The molecule has 0 saturated heterocycles. The Morgan fingerprint density at radius 2 is 2.14 bits per heavy atom. The smallest absolute Gasteiger partial charge is 0.326 e. The van der Waals surface area contributed by atoms with Crippen LogP contribution in [0.25, 0.3) is 0 Å². The Labute approximate surface area is 120 Å². The number of hydrogen-bond acceptors (Lipinski definition) is 7. The van der Waals surface area contributed by atoms with Crippen LogP contribution in [0, 0.1) is 17.0 Å². The van der Waals surface area contributed by atoms with Crippen molar-refractivity contribution in [2.24, 2.45) is 0 Å². The molecule has 1 aromatic rings. The van der Waals surface area contributed by atoms with E-state index in [1.807, 2.05) is 4.72 Å². The number of nitro benzene ring substituents is 1. The van der Waals surface area contributed by atoms with Crippen LogP contribution < -0.4 is 4.72 Å². The van der Waals surface area contributed by atoms with Crippen molar-refractivity contribution in [2.75, 3.05) is 13.7 Å².